The second-order valence-corrected chi connectivity index (χ2v) is 7.61. The smallest absolute Gasteiger partial charge is 0.191 e. The van der Waals surface area contributed by atoms with Crippen LogP contribution in [0.1, 0.15) is 18.4 Å². The maximum atomic E-state index is 5.71. The molecule has 0 saturated carbocycles. The highest BCUT2D eigenvalue weighted by molar-refractivity contribution is 14.0. The van der Waals surface area contributed by atoms with Crippen LogP contribution in [0.3, 0.4) is 0 Å². The Morgan fingerprint density at radius 1 is 1.00 bits per heavy atom. The molecule has 0 unspecified atom stereocenters. The summed E-state index contributed by atoms with van der Waals surface area (Å²) in [6, 6.07) is 18.3. The van der Waals surface area contributed by atoms with E-state index in [4.69, 9.17) is 9.47 Å². The molecule has 1 aliphatic heterocycles. The summed E-state index contributed by atoms with van der Waals surface area (Å²) in [5, 5.41) is 6.79. The third-order valence-electron chi connectivity index (χ3n) is 5.46. The van der Waals surface area contributed by atoms with E-state index in [1.54, 1.807) is 7.11 Å². The first-order valence-electron chi connectivity index (χ1n) is 10.7. The molecule has 1 saturated heterocycles. The summed E-state index contributed by atoms with van der Waals surface area (Å²) in [5.74, 6) is 3.32. The number of hydrogen-bond donors (Lipinski definition) is 2. The predicted octanol–water partition coefficient (Wildman–Crippen LogP) is 3.77. The van der Waals surface area contributed by atoms with Gasteiger partial charge in [-0.1, -0.05) is 30.3 Å². The summed E-state index contributed by atoms with van der Waals surface area (Å²) in [7, 11) is 3.52. The van der Waals surface area contributed by atoms with Crippen LogP contribution in [0.25, 0.3) is 0 Å². The Labute approximate surface area is 203 Å². The van der Waals surface area contributed by atoms with Crippen molar-refractivity contribution in [2.24, 2.45) is 10.9 Å². The van der Waals surface area contributed by atoms with Crippen molar-refractivity contribution in [3.63, 3.8) is 0 Å². The molecular formula is C24H35IN4O2. The van der Waals surface area contributed by atoms with Gasteiger partial charge >= 0.3 is 0 Å². The number of halogens is 1. The second-order valence-electron chi connectivity index (χ2n) is 7.61. The van der Waals surface area contributed by atoms with Crippen LogP contribution in [-0.2, 0) is 6.54 Å². The minimum atomic E-state index is 0. The number of hydrogen-bond acceptors (Lipinski definition) is 4. The molecule has 170 valence electrons. The Morgan fingerprint density at radius 2 is 1.71 bits per heavy atom. The molecule has 0 radical (unpaired) electrons. The third-order valence-corrected chi connectivity index (χ3v) is 5.46. The number of nitrogens with zero attached hydrogens (tertiary/aromatic N) is 2. The zero-order valence-electron chi connectivity index (χ0n) is 18.5. The number of methoxy groups -OCH3 is 1. The molecule has 0 amide bonds. The highest BCUT2D eigenvalue weighted by Crippen LogP contribution is 2.19. The quantitative estimate of drug-likeness (QED) is 0.221. The van der Waals surface area contributed by atoms with Gasteiger partial charge in [0.25, 0.3) is 0 Å². The summed E-state index contributed by atoms with van der Waals surface area (Å²) in [4.78, 5) is 6.85. The summed E-state index contributed by atoms with van der Waals surface area (Å²) in [6.07, 6.45) is 2.41. The van der Waals surface area contributed by atoms with Gasteiger partial charge in [-0.05, 0) is 61.7 Å². The van der Waals surface area contributed by atoms with Crippen LogP contribution >= 0.6 is 24.0 Å². The number of likely N-dealkylation sites (tertiary alicyclic amines) is 1. The minimum Gasteiger partial charge on any atom is -0.497 e. The lowest BCUT2D eigenvalue weighted by Gasteiger charge is -2.32. The van der Waals surface area contributed by atoms with Gasteiger partial charge in [0, 0.05) is 20.1 Å². The van der Waals surface area contributed by atoms with Gasteiger partial charge in [0.15, 0.2) is 5.96 Å². The minimum absolute atomic E-state index is 0. The monoisotopic (exact) mass is 538 g/mol. The fourth-order valence-electron chi connectivity index (χ4n) is 3.65. The van der Waals surface area contributed by atoms with Crippen molar-refractivity contribution >= 4 is 29.9 Å². The fourth-order valence-corrected chi connectivity index (χ4v) is 3.65. The Hall–Kier alpha value is -2.00. The zero-order chi connectivity index (χ0) is 21.0. The first kappa shape index (κ1) is 25.3. The summed E-state index contributed by atoms with van der Waals surface area (Å²) < 4.78 is 10.9. The van der Waals surface area contributed by atoms with Gasteiger partial charge in [0.05, 0.1) is 13.7 Å². The molecule has 7 heteroatoms. The van der Waals surface area contributed by atoms with E-state index in [0.29, 0.717) is 12.5 Å². The molecule has 1 heterocycles. The Bertz CT molecular complexity index is 763. The number of ether oxygens (including phenoxy) is 2. The van der Waals surface area contributed by atoms with Crippen molar-refractivity contribution < 1.29 is 9.47 Å². The van der Waals surface area contributed by atoms with Crippen LogP contribution in [0.4, 0.5) is 0 Å². The van der Waals surface area contributed by atoms with Crippen molar-refractivity contribution in [3.8, 4) is 11.5 Å². The molecule has 31 heavy (non-hydrogen) atoms. The molecule has 0 atom stereocenters. The van der Waals surface area contributed by atoms with Crippen LogP contribution in [0.15, 0.2) is 59.6 Å². The first-order chi connectivity index (χ1) is 14.8. The molecule has 6 nitrogen and oxygen atoms in total. The lowest BCUT2D eigenvalue weighted by molar-refractivity contribution is 0.178. The van der Waals surface area contributed by atoms with Crippen molar-refractivity contribution in [2.75, 3.05) is 46.9 Å². The molecule has 3 rings (SSSR count). The fraction of sp³-hybridized carbons (Fsp3) is 0.458. The molecule has 2 aromatic rings. The first-order valence-corrected chi connectivity index (χ1v) is 10.7. The molecular weight excluding hydrogens is 503 g/mol. The van der Waals surface area contributed by atoms with Crippen LogP contribution in [0.5, 0.6) is 11.5 Å². The van der Waals surface area contributed by atoms with Crippen LogP contribution in [0, 0.1) is 5.92 Å². The molecule has 1 aliphatic rings. The van der Waals surface area contributed by atoms with Gasteiger partial charge in [-0.2, -0.15) is 0 Å². The van der Waals surface area contributed by atoms with Crippen LogP contribution in [0.2, 0.25) is 0 Å². The molecule has 0 spiro atoms. The zero-order valence-corrected chi connectivity index (χ0v) is 20.9. The molecule has 0 aromatic heterocycles. The van der Waals surface area contributed by atoms with E-state index < -0.39 is 0 Å². The van der Waals surface area contributed by atoms with Gasteiger partial charge in [-0.15, -0.1) is 24.0 Å². The maximum absolute atomic E-state index is 5.71. The number of nitrogens with one attached hydrogen (secondary N) is 2. The standard InChI is InChI=1S/C24H34N4O2.HI/c1-25-24(26-14-17-30-23-6-4-3-5-7-23)27-18-20-12-15-28(16-13-20)19-21-8-10-22(29-2)11-9-21;/h3-11,20H,12-19H2,1-2H3,(H2,25,26,27);1H. The molecule has 2 aromatic carbocycles. The number of para-hydroxylation sites is 1. The second kappa shape index (κ2) is 14.1. The summed E-state index contributed by atoms with van der Waals surface area (Å²) >= 11 is 0. The van der Waals surface area contributed by atoms with E-state index in [-0.39, 0.29) is 24.0 Å². The van der Waals surface area contributed by atoms with Crippen molar-refractivity contribution in [1.82, 2.24) is 15.5 Å². The number of guanidine groups is 1. The van der Waals surface area contributed by atoms with Crippen molar-refractivity contribution in [1.29, 1.82) is 0 Å². The topological polar surface area (TPSA) is 58.1 Å². The average Bonchev–Trinajstić information content (AvgIpc) is 2.81. The molecule has 2 N–H and O–H groups in total. The van der Waals surface area contributed by atoms with E-state index in [9.17, 15) is 0 Å². The van der Waals surface area contributed by atoms with Crippen LogP contribution < -0.4 is 20.1 Å². The van der Waals surface area contributed by atoms with E-state index in [1.165, 1.54) is 18.4 Å². The lowest BCUT2D eigenvalue weighted by Crippen LogP contribution is -2.43. The summed E-state index contributed by atoms with van der Waals surface area (Å²) in [5.41, 5.74) is 1.34. The molecule has 0 bridgehead atoms. The van der Waals surface area contributed by atoms with Gasteiger partial charge in [-0.3, -0.25) is 9.89 Å². The third kappa shape index (κ3) is 8.95. The van der Waals surface area contributed by atoms with Gasteiger partial charge in [0.2, 0.25) is 0 Å². The summed E-state index contributed by atoms with van der Waals surface area (Å²) in [6.45, 7) is 5.55. The lowest BCUT2D eigenvalue weighted by atomic mass is 9.96. The number of benzene rings is 2. The predicted molar refractivity (Wildman–Crippen MR) is 138 cm³/mol. The van der Waals surface area contributed by atoms with Crippen LogP contribution in [-0.4, -0.2) is 57.8 Å². The average molecular weight is 538 g/mol. The molecule has 0 aliphatic carbocycles. The normalized spacial score (nSPS) is 15.1. The number of piperidine rings is 1. The van der Waals surface area contributed by atoms with Crippen molar-refractivity contribution in [2.45, 2.75) is 19.4 Å². The van der Waals surface area contributed by atoms with E-state index >= 15 is 0 Å². The van der Waals surface area contributed by atoms with Gasteiger partial charge in [-0.25, -0.2) is 0 Å². The van der Waals surface area contributed by atoms with E-state index in [2.05, 4.69) is 32.7 Å². The SMILES string of the molecule is CN=C(NCCOc1ccccc1)NCC1CCN(Cc2ccc(OC)cc2)CC1.I. The van der Waals surface area contributed by atoms with E-state index in [0.717, 1.165) is 50.2 Å². The molecule has 1 fully saturated rings. The van der Waals surface area contributed by atoms with E-state index in [1.807, 2.05) is 49.5 Å². The van der Waals surface area contributed by atoms with Gasteiger partial charge in [0.1, 0.15) is 18.1 Å². The largest absolute Gasteiger partial charge is 0.497 e. The highest BCUT2D eigenvalue weighted by atomic mass is 127. The highest BCUT2D eigenvalue weighted by Gasteiger charge is 2.19. The maximum Gasteiger partial charge on any atom is 0.191 e. The Morgan fingerprint density at radius 3 is 2.35 bits per heavy atom. The Kier molecular flexibility index (Phi) is 11.5. The number of rotatable bonds is 9. The Balaban J connectivity index is 0.00000341. The van der Waals surface area contributed by atoms with Crippen molar-refractivity contribution in [3.05, 3.63) is 60.2 Å². The number of aliphatic imine (C=N–C) groups is 1. The van der Waals surface area contributed by atoms with Gasteiger partial charge < -0.3 is 20.1 Å².